The molecule has 1 saturated carbocycles. The number of ether oxygens (including phenoxy) is 3. The first-order chi connectivity index (χ1) is 14.5. The van der Waals surface area contributed by atoms with Crippen molar-refractivity contribution in [2.75, 3.05) is 41.0 Å². The molecule has 0 spiro atoms. The maximum absolute atomic E-state index is 12.2. The van der Waals surface area contributed by atoms with Gasteiger partial charge in [0.05, 0.1) is 26.4 Å². The van der Waals surface area contributed by atoms with Crippen LogP contribution in [0.5, 0.6) is 11.5 Å². The van der Waals surface area contributed by atoms with Gasteiger partial charge in [-0.05, 0) is 49.7 Å². The van der Waals surface area contributed by atoms with E-state index in [-0.39, 0.29) is 17.3 Å². The summed E-state index contributed by atoms with van der Waals surface area (Å²) in [5.41, 5.74) is 2.05. The van der Waals surface area contributed by atoms with E-state index in [2.05, 4.69) is 31.0 Å². The highest BCUT2D eigenvalue weighted by molar-refractivity contribution is 5.89. The fraction of sp³-hybridized carbons (Fsp3) is 0.480. The Labute approximate surface area is 179 Å². The fourth-order valence-electron chi connectivity index (χ4n) is 4.35. The average Bonchev–Trinajstić information content (AvgIpc) is 2.74. The van der Waals surface area contributed by atoms with Crippen LogP contribution >= 0.6 is 0 Å². The van der Waals surface area contributed by atoms with Crippen LogP contribution in [0.25, 0.3) is 0 Å². The maximum Gasteiger partial charge on any atom is 0.338 e. The van der Waals surface area contributed by atoms with Crippen molar-refractivity contribution in [2.24, 2.45) is 5.92 Å². The van der Waals surface area contributed by atoms with Crippen LogP contribution in [0.3, 0.4) is 0 Å². The lowest BCUT2D eigenvalue weighted by atomic mass is 9.64. The first kappa shape index (κ1) is 22.2. The maximum atomic E-state index is 12.2. The molecule has 0 aliphatic heterocycles. The lowest BCUT2D eigenvalue weighted by Crippen LogP contribution is -2.45. The molecule has 5 nitrogen and oxygen atoms in total. The predicted molar refractivity (Wildman–Crippen MR) is 118 cm³/mol. The van der Waals surface area contributed by atoms with Gasteiger partial charge in [-0.2, -0.15) is 0 Å². The second-order valence-corrected chi connectivity index (χ2v) is 8.47. The van der Waals surface area contributed by atoms with Crippen molar-refractivity contribution in [1.82, 2.24) is 4.90 Å². The molecule has 2 aromatic rings. The van der Waals surface area contributed by atoms with Gasteiger partial charge in [-0.3, -0.25) is 0 Å². The zero-order valence-electron chi connectivity index (χ0n) is 18.5. The van der Waals surface area contributed by atoms with E-state index in [4.69, 9.17) is 14.2 Å². The number of carbonyl (C=O) groups is 1. The minimum atomic E-state index is -0.258. The molecule has 0 saturated heterocycles. The van der Waals surface area contributed by atoms with Crippen molar-refractivity contribution in [3.63, 3.8) is 0 Å². The van der Waals surface area contributed by atoms with Crippen LogP contribution < -0.4 is 9.47 Å². The number of rotatable bonds is 10. The molecule has 0 aromatic heterocycles. The van der Waals surface area contributed by atoms with Crippen molar-refractivity contribution in [2.45, 2.75) is 31.6 Å². The van der Waals surface area contributed by atoms with Gasteiger partial charge >= 0.3 is 5.97 Å². The first-order valence-electron chi connectivity index (χ1n) is 10.6. The third kappa shape index (κ3) is 5.14. The molecule has 3 rings (SSSR count). The first-order valence-corrected chi connectivity index (χ1v) is 10.6. The summed E-state index contributed by atoms with van der Waals surface area (Å²) in [5, 5.41) is 0. The lowest BCUT2D eigenvalue weighted by Gasteiger charge is -2.45. The summed E-state index contributed by atoms with van der Waals surface area (Å²) in [7, 11) is 5.49. The van der Waals surface area contributed by atoms with Gasteiger partial charge in [-0.25, -0.2) is 4.79 Å². The van der Waals surface area contributed by atoms with E-state index in [1.54, 1.807) is 26.4 Å². The molecule has 0 N–H and O–H groups in total. The number of methoxy groups -OCH3 is 2. The number of carbonyl (C=O) groups excluding carboxylic acids is 1. The van der Waals surface area contributed by atoms with E-state index in [0.717, 1.165) is 24.6 Å². The van der Waals surface area contributed by atoms with Crippen LogP contribution in [-0.4, -0.2) is 51.8 Å². The molecule has 0 heterocycles. The standard InChI is InChI=1S/C25H33NO4/c1-19(17-30-24(27)20-9-6-5-7-10-20)16-26(2)18-25(13-8-14-25)21-11-12-22(28-3)23(15-21)29-4/h5-7,9-12,15,19H,8,13-14,16-18H2,1-4H3/t19-/m0/s1. The molecule has 5 heteroatoms. The van der Waals surface area contributed by atoms with Crippen molar-refractivity contribution in [3.05, 3.63) is 59.7 Å². The number of hydrogen-bond donors (Lipinski definition) is 0. The number of hydrogen-bond acceptors (Lipinski definition) is 5. The summed E-state index contributed by atoms with van der Waals surface area (Å²) >= 11 is 0. The highest BCUT2D eigenvalue weighted by Gasteiger charge is 2.40. The molecule has 1 fully saturated rings. The van der Waals surface area contributed by atoms with Gasteiger partial charge in [0.2, 0.25) is 0 Å². The van der Waals surface area contributed by atoms with E-state index < -0.39 is 0 Å². The van der Waals surface area contributed by atoms with E-state index >= 15 is 0 Å². The van der Waals surface area contributed by atoms with E-state index in [0.29, 0.717) is 12.2 Å². The van der Waals surface area contributed by atoms with Gasteiger partial charge in [0.1, 0.15) is 0 Å². The van der Waals surface area contributed by atoms with Crippen molar-refractivity contribution < 1.29 is 19.0 Å². The molecular formula is C25H33NO4. The van der Waals surface area contributed by atoms with Gasteiger partial charge in [0.25, 0.3) is 0 Å². The predicted octanol–water partition coefficient (Wildman–Crippen LogP) is 4.55. The van der Waals surface area contributed by atoms with Crippen molar-refractivity contribution in [3.8, 4) is 11.5 Å². The van der Waals surface area contributed by atoms with Crippen LogP contribution in [0.2, 0.25) is 0 Å². The van der Waals surface area contributed by atoms with E-state index in [1.807, 2.05) is 24.3 Å². The summed E-state index contributed by atoms with van der Waals surface area (Å²) in [4.78, 5) is 14.5. The zero-order chi connectivity index (χ0) is 21.6. The highest BCUT2D eigenvalue weighted by Crippen LogP contribution is 2.46. The summed E-state index contributed by atoms with van der Waals surface area (Å²) in [6, 6.07) is 15.4. The average molecular weight is 412 g/mol. The fourth-order valence-corrected chi connectivity index (χ4v) is 4.35. The second-order valence-electron chi connectivity index (χ2n) is 8.47. The number of nitrogens with zero attached hydrogens (tertiary/aromatic N) is 1. The molecule has 2 aromatic carbocycles. The molecule has 1 aliphatic rings. The molecule has 0 amide bonds. The third-order valence-electron chi connectivity index (χ3n) is 6.01. The Bertz CT molecular complexity index is 832. The van der Waals surface area contributed by atoms with Crippen LogP contribution in [-0.2, 0) is 10.2 Å². The molecule has 0 bridgehead atoms. The Morgan fingerprint density at radius 3 is 2.37 bits per heavy atom. The molecule has 0 unspecified atom stereocenters. The van der Waals surface area contributed by atoms with E-state index in [1.165, 1.54) is 24.8 Å². The summed E-state index contributed by atoms with van der Waals surface area (Å²) in [6.45, 7) is 4.39. The molecule has 0 radical (unpaired) electrons. The SMILES string of the molecule is COc1ccc(C2(CN(C)C[C@H](C)COC(=O)c3ccccc3)CCC2)cc1OC. The largest absolute Gasteiger partial charge is 0.493 e. The quantitative estimate of drug-likeness (QED) is 0.537. The van der Waals surface area contributed by atoms with Gasteiger partial charge in [-0.15, -0.1) is 0 Å². The topological polar surface area (TPSA) is 48.0 Å². The molecule has 1 atom stereocenters. The van der Waals surface area contributed by atoms with Crippen LogP contribution in [0, 0.1) is 5.92 Å². The van der Waals surface area contributed by atoms with Crippen molar-refractivity contribution in [1.29, 1.82) is 0 Å². The Kier molecular flexibility index (Phi) is 7.38. The molecule has 30 heavy (non-hydrogen) atoms. The summed E-state index contributed by atoms with van der Waals surface area (Å²) in [5.74, 6) is 1.54. The number of benzene rings is 2. The van der Waals surface area contributed by atoms with Crippen LogP contribution in [0.1, 0.15) is 42.1 Å². The Morgan fingerprint density at radius 1 is 1.07 bits per heavy atom. The van der Waals surface area contributed by atoms with Gasteiger partial charge in [0.15, 0.2) is 11.5 Å². The van der Waals surface area contributed by atoms with Crippen molar-refractivity contribution >= 4 is 5.97 Å². The monoisotopic (exact) mass is 411 g/mol. The van der Waals surface area contributed by atoms with Gasteiger partial charge in [-0.1, -0.05) is 37.6 Å². The Hall–Kier alpha value is -2.53. The number of likely N-dealkylation sites (N-methyl/N-ethyl adjacent to an activating group) is 1. The number of esters is 1. The molecular weight excluding hydrogens is 378 g/mol. The Morgan fingerprint density at radius 2 is 1.77 bits per heavy atom. The Balaban J connectivity index is 1.56. The lowest BCUT2D eigenvalue weighted by molar-refractivity contribution is 0.0413. The second kappa shape index (κ2) is 9.98. The minimum Gasteiger partial charge on any atom is -0.493 e. The molecule has 162 valence electrons. The third-order valence-corrected chi connectivity index (χ3v) is 6.01. The molecule has 1 aliphatic carbocycles. The summed E-state index contributed by atoms with van der Waals surface area (Å²) < 4.78 is 16.4. The van der Waals surface area contributed by atoms with E-state index in [9.17, 15) is 4.79 Å². The highest BCUT2D eigenvalue weighted by atomic mass is 16.5. The van der Waals surface area contributed by atoms with Crippen LogP contribution in [0.15, 0.2) is 48.5 Å². The van der Waals surface area contributed by atoms with Gasteiger partial charge < -0.3 is 19.1 Å². The zero-order valence-corrected chi connectivity index (χ0v) is 18.5. The minimum absolute atomic E-state index is 0.148. The normalized spacial score (nSPS) is 15.9. The van der Waals surface area contributed by atoms with Gasteiger partial charge in [0, 0.05) is 24.4 Å². The smallest absolute Gasteiger partial charge is 0.338 e. The van der Waals surface area contributed by atoms with Crippen LogP contribution in [0.4, 0.5) is 0 Å². The summed E-state index contributed by atoms with van der Waals surface area (Å²) in [6.07, 6.45) is 3.58.